The molecule has 3 heteroatoms. The molecule has 0 spiro atoms. The number of allylic oxidation sites excluding steroid dienone is 1. The Labute approximate surface area is 65.7 Å². The van der Waals surface area contributed by atoms with Crippen molar-refractivity contribution in [2.45, 2.75) is 25.7 Å². The minimum absolute atomic E-state index is 0.368. The highest BCUT2D eigenvalue weighted by Crippen LogP contribution is 2.17. The lowest BCUT2D eigenvalue weighted by Crippen LogP contribution is -2.10. The molecule has 1 rings (SSSR count). The lowest BCUT2D eigenvalue weighted by Gasteiger charge is -2.10. The lowest BCUT2D eigenvalue weighted by atomic mass is 10.00. The number of hydrogen-bond acceptors (Lipinski definition) is 3. The second kappa shape index (κ2) is 4.13. The quantitative estimate of drug-likeness (QED) is 0.479. The lowest BCUT2D eigenvalue weighted by molar-refractivity contribution is -0.147. The third-order valence-electron chi connectivity index (χ3n) is 1.75. The molecule has 0 saturated carbocycles. The Balaban J connectivity index is 2.44. The molecule has 0 fully saturated rings. The van der Waals surface area contributed by atoms with Gasteiger partial charge in [-0.3, -0.25) is 0 Å². The molecule has 1 N–H and O–H groups in total. The molecule has 3 nitrogen and oxygen atoms in total. The molecule has 0 aromatic heterocycles. The zero-order valence-corrected chi connectivity index (χ0v) is 6.38. The van der Waals surface area contributed by atoms with E-state index in [1.807, 2.05) is 6.08 Å². The summed E-state index contributed by atoms with van der Waals surface area (Å²) in [5, 5.41) is 8.30. The average molecular weight is 156 g/mol. The van der Waals surface area contributed by atoms with Crippen LogP contribution in [0.3, 0.4) is 0 Å². The molecule has 1 aliphatic rings. The smallest absolute Gasteiger partial charge is 0.335 e. The topological polar surface area (TPSA) is 46.5 Å². The standard InChI is InChI=1S/C8H12O3/c9-6-11-8(10)7-4-2-1-3-5-7/h4,9H,1-3,5-6H2. The van der Waals surface area contributed by atoms with Crippen LogP contribution in [0.2, 0.25) is 0 Å². The van der Waals surface area contributed by atoms with E-state index in [1.165, 1.54) is 0 Å². The van der Waals surface area contributed by atoms with Crippen molar-refractivity contribution >= 4 is 5.97 Å². The fourth-order valence-electron chi connectivity index (χ4n) is 1.17. The Morgan fingerprint density at radius 2 is 2.45 bits per heavy atom. The second-order valence-electron chi connectivity index (χ2n) is 2.54. The normalized spacial score (nSPS) is 17.4. The number of hydrogen-bond donors (Lipinski definition) is 1. The van der Waals surface area contributed by atoms with Crippen LogP contribution in [0.25, 0.3) is 0 Å². The van der Waals surface area contributed by atoms with E-state index in [0.29, 0.717) is 5.57 Å². The molecule has 0 saturated heterocycles. The van der Waals surface area contributed by atoms with E-state index >= 15 is 0 Å². The second-order valence-corrected chi connectivity index (χ2v) is 2.54. The van der Waals surface area contributed by atoms with Crippen LogP contribution >= 0.6 is 0 Å². The maximum Gasteiger partial charge on any atom is 0.335 e. The van der Waals surface area contributed by atoms with E-state index < -0.39 is 6.79 Å². The van der Waals surface area contributed by atoms with Crippen molar-refractivity contribution in [2.24, 2.45) is 0 Å². The highest BCUT2D eigenvalue weighted by atomic mass is 16.6. The predicted octanol–water partition coefficient (Wildman–Crippen LogP) is 0.980. The number of ether oxygens (including phenoxy) is 1. The third-order valence-corrected chi connectivity index (χ3v) is 1.75. The molecule has 0 unspecified atom stereocenters. The summed E-state index contributed by atoms with van der Waals surface area (Å²) in [4.78, 5) is 10.9. The van der Waals surface area contributed by atoms with Crippen molar-refractivity contribution in [3.63, 3.8) is 0 Å². The SMILES string of the molecule is O=C(OCO)C1=CCCCC1. The van der Waals surface area contributed by atoms with Crippen molar-refractivity contribution in [3.05, 3.63) is 11.6 Å². The summed E-state index contributed by atoms with van der Waals surface area (Å²) >= 11 is 0. The van der Waals surface area contributed by atoms with Crippen LogP contribution in [-0.2, 0) is 9.53 Å². The summed E-state index contributed by atoms with van der Waals surface area (Å²) in [6.07, 6.45) is 5.83. The van der Waals surface area contributed by atoms with E-state index in [-0.39, 0.29) is 5.97 Å². The van der Waals surface area contributed by atoms with Gasteiger partial charge in [0.25, 0.3) is 0 Å². The first-order valence-corrected chi connectivity index (χ1v) is 3.81. The van der Waals surface area contributed by atoms with Crippen molar-refractivity contribution in [1.29, 1.82) is 0 Å². The van der Waals surface area contributed by atoms with E-state index in [0.717, 1.165) is 25.7 Å². The van der Waals surface area contributed by atoms with Crippen LogP contribution in [0.5, 0.6) is 0 Å². The molecule has 0 radical (unpaired) electrons. The summed E-state index contributed by atoms with van der Waals surface area (Å²) in [5.41, 5.74) is 0.713. The van der Waals surface area contributed by atoms with Gasteiger partial charge in [-0.15, -0.1) is 0 Å². The molecule has 0 aromatic carbocycles. The van der Waals surface area contributed by atoms with Crippen molar-refractivity contribution in [1.82, 2.24) is 0 Å². The fourth-order valence-corrected chi connectivity index (χ4v) is 1.17. The number of aliphatic hydroxyl groups excluding tert-OH is 1. The summed E-state index contributed by atoms with van der Waals surface area (Å²) < 4.78 is 4.43. The number of rotatable bonds is 2. The summed E-state index contributed by atoms with van der Waals surface area (Å²) in [6, 6.07) is 0. The first-order chi connectivity index (χ1) is 5.34. The minimum atomic E-state index is -0.518. The molecule has 1 aliphatic carbocycles. The zero-order chi connectivity index (χ0) is 8.10. The largest absolute Gasteiger partial charge is 0.435 e. The van der Waals surface area contributed by atoms with Gasteiger partial charge in [0.1, 0.15) is 0 Å². The molecule has 11 heavy (non-hydrogen) atoms. The number of carbonyl (C=O) groups is 1. The molecule has 0 heterocycles. The monoisotopic (exact) mass is 156 g/mol. The van der Waals surface area contributed by atoms with Gasteiger partial charge in [0.2, 0.25) is 0 Å². The highest BCUT2D eigenvalue weighted by molar-refractivity contribution is 5.88. The van der Waals surface area contributed by atoms with Crippen LogP contribution in [0.1, 0.15) is 25.7 Å². The van der Waals surface area contributed by atoms with E-state index in [4.69, 9.17) is 5.11 Å². The summed E-state index contributed by atoms with van der Waals surface area (Å²) in [7, 11) is 0. The first kappa shape index (κ1) is 8.27. The third kappa shape index (κ3) is 2.35. The van der Waals surface area contributed by atoms with Crippen LogP contribution in [0, 0.1) is 0 Å². The van der Waals surface area contributed by atoms with E-state index in [1.54, 1.807) is 0 Å². The number of carbonyl (C=O) groups excluding carboxylic acids is 1. The molecular weight excluding hydrogens is 144 g/mol. The first-order valence-electron chi connectivity index (χ1n) is 3.81. The van der Waals surface area contributed by atoms with E-state index in [9.17, 15) is 4.79 Å². The Bertz CT molecular complexity index is 172. The summed E-state index contributed by atoms with van der Waals surface area (Å²) in [6.45, 7) is -0.518. The Hall–Kier alpha value is -0.830. The van der Waals surface area contributed by atoms with Gasteiger partial charge in [0.15, 0.2) is 6.79 Å². The minimum Gasteiger partial charge on any atom is -0.435 e. The molecule has 0 aromatic rings. The van der Waals surface area contributed by atoms with Gasteiger partial charge in [0.05, 0.1) is 0 Å². The van der Waals surface area contributed by atoms with Crippen LogP contribution < -0.4 is 0 Å². The van der Waals surface area contributed by atoms with Gasteiger partial charge in [-0.2, -0.15) is 0 Å². The average Bonchev–Trinajstić information content (AvgIpc) is 2.07. The molecule has 0 aliphatic heterocycles. The van der Waals surface area contributed by atoms with Gasteiger partial charge in [-0.05, 0) is 25.7 Å². The maximum absolute atomic E-state index is 10.9. The molecular formula is C8H12O3. The Kier molecular flexibility index (Phi) is 3.11. The van der Waals surface area contributed by atoms with Crippen molar-refractivity contribution in [2.75, 3.05) is 6.79 Å². The van der Waals surface area contributed by atoms with Gasteiger partial charge < -0.3 is 9.84 Å². The number of esters is 1. The van der Waals surface area contributed by atoms with Gasteiger partial charge in [-0.1, -0.05) is 6.08 Å². The van der Waals surface area contributed by atoms with Crippen LogP contribution in [-0.4, -0.2) is 17.9 Å². The highest BCUT2D eigenvalue weighted by Gasteiger charge is 2.12. The molecule has 0 amide bonds. The summed E-state index contributed by atoms with van der Waals surface area (Å²) in [5.74, 6) is -0.368. The van der Waals surface area contributed by atoms with Crippen molar-refractivity contribution < 1.29 is 14.6 Å². The molecule has 62 valence electrons. The van der Waals surface area contributed by atoms with Gasteiger partial charge >= 0.3 is 5.97 Å². The molecule has 0 bridgehead atoms. The fraction of sp³-hybridized carbons (Fsp3) is 0.625. The number of aliphatic hydroxyl groups is 1. The van der Waals surface area contributed by atoms with Gasteiger partial charge in [-0.25, -0.2) is 4.79 Å². The van der Waals surface area contributed by atoms with E-state index in [2.05, 4.69) is 4.74 Å². The predicted molar refractivity (Wildman–Crippen MR) is 39.7 cm³/mol. The van der Waals surface area contributed by atoms with Gasteiger partial charge in [0, 0.05) is 5.57 Å². The van der Waals surface area contributed by atoms with Crippen LogP contribution in [0.15, 0.2) is 11.6 Å². The Morgan fingerprint density at radius 1 is 1.64 bits per heavy atom. The zero-order valence-electron chi connectivity index (χ0n) is 6.38. The maximum atomic E-state index is 10.9. The van der Waals surface area contributed by atoms with Crippen molar-refractivity contribution in [3.8, 4) is 0 Å². The Morgan fingerprint density at radius 3 is 3.00 bits per heavy atom. The van der Waals surface area contributed by atoms with Crippen LogP contribution in [0.4, 0.5) is 0 Å². The molecule has 0 atom stereocenters.